The molecule has 2 aromatic rings. The fraction of sp³-hybridized carbons (Fsp3) is 0.333. The standard InChI is InChI=1S/C15H17NO2S/c1-12(13-4-2-7-16-11-13)10-15(17)18-8-6-14-5-3-9-19-14/h2-5,7,9,11-12H,6,8,10H2,1H3/t12-/m0/s1. The molecule has 2 rings (SSSR count). The normalized spacial score (nSPS) is 12.1. The van der Waals surface area contributed by atoms with Crippen molar-refractivity contribution in [3.63, 3.8) is 0 Å². The van der Waals surface area contributed by atoms with E-state index in [1.54, 1.807) is 23.7 Å². The van der Waals surface area contributed by atoms with Gasteiger partial charge in [-0.1, -0.05) is 19.1 Å². The van der Waals surface area contributed by atoms with E-state index >= 15 is 0 Å². The Morgan fingerprint density at radius 1 is 1.42 bits per heavy atom. The molecule has 0 aromatic carbocycles. The van der Waals surface area contributed by atoms with Crippen molar-refractivity contribution in [3.8, 4) is 0 Å². The van der Waals surface area contributed by atoms with Crippen LogP contribution in [0.2, 0.25) is 0 Å². The Labute approximate surface area is 117 Å². The summed E-state index contributed by atoms with van der Waals surface area (Å²) in [6, 6.07) is 7.92. The molecule has 0 spiro atoms. The first-order valence-corrected chi connectivity index (χ1v) is 7.21. The van der Waals surface area contributed by atoms with Crippen LogP contribution in [0.5, 0.6) is 0 Å². The van der Waals surface area contributed by atoms with Crippen LogP contribution < -0.4 is 0 Å². The number of carbonyl (C=O) groups is 1. The van der Waals surface area contributed by atoms with Crippen LogP contribution in [-0.2, 0) is 16.0 Å². The summed E-state index contributed by atoms with van der Waals surface area (Å²) in [7, 11) is 0. The van der Waals surface area contributed by atoms with Crippen LogP contribution in [-0.4, -0.2) is 17.6 Å². The Morgan fingerprint density at radius 3 is 3.00 bits per heavy atom. The third kappa shape index (κ3) is 4.48. The summed E-state index contributed by atoms with van der Waals surface area (Å²) in [6.45, 7) is 2.47. The van der Waals surface area contributed by atoms with Crippen LogP contribution in [0.1, 0.15) is 29.7 Å². The number of hydrogen-bond acceptors (Lipinski definition) is 4. The molecule has 0 unspecified atom stereocenters. The second kappa shape index (κ2) is 7.04. The van der Waals surface area contributed by atoms with Gasteiger partial charge in [-0.25, -0.2) is 0 Å². The predicted octanol–water partition coefficient (Wildman–Crippen LogP) is 3.42. The van der Waals surface area contributed by atoms with Crippen molar-refractivity contribution >= 4 is 17.3 Å². The average molecular weight is 275 g/mol. The van der Waals surface area contributed by atoms with Gasteiger partial charge in [0.1, 0.15) is 0 Å². The highest BCUT2D eigenvalue weighted by atomic mass is 32.1. The van der Waals surface area contributed by atoms with E-state index in [4.69, 9.17) is 4.74 Å². The van der Waals surface area contributed by atoms with Gasteiger partial charge in [-0.15, -0.1) is 11.3 Å². The molecule has 2 aromatic heterocycles. The zero-order valence-corrected chi connectivity index (χ0v) is 11.7. The maximum atomic E-state index is 11.7. The molecule has 0 radical (unpaired) electrons. The number of esters is 1. The second-order valence-electron chi connectivity index (χ2n) is 4.44. The van der Waals surface area contributed by atoms with Gasteiger partial charge in [-0.2, -0.15) is 0 Å². The highest BCUT2D eigenvalue weighted by Crippen LogP contribution is 2.18. The van der Waals surface area contributed by atoms with Gasteiger partial charge in [-0.05, 0) is 29.0 Å². The maximum absolute atomic E-state index is 11.7. The van der Waals surface area contributed by atoms with Gasteiger partial charge >= 0.3 is 5.97 Å². The van der Waals surface area contributed by atoms with Crippen molar-refractivity contribution in [2.45, 2.75) is 25.7 Å². The number of aromatic nitrogens is 1. The van der Waals surface area contributed by atoms with E-state index in [2.05, 4.69) is 11.1 Å². The zero-order valence-electron chi connectivity index (χ0n) is 10.9. The molecule has 0 bridgehead atoms. The molecule has 0 amide bonds. The third-order valence-corrected chi connectivity index (χ3v) is 3.85. The van der Waals surface area contributed by atoms with E-state index < -0.39 is 0 Å². The lowest BCUT2D eigenvalue weighted by Crippen LogP contribution is -2.10. The quantitative estimate of drug-likeness (QED) is 0.758. The van der Waals surface area contributed by atoms with Crippen LogP contribution in [0.3, 0.4) is 0 Å². The highest BCUT2D eigenvalue weighted by molar-refractivity contribution is 7.09. The molecular weight excluding hydrogens is 258 g/mol. The lowest BCUT2D eigenvalue weighted by Gasteiger charge is -2.10. The summed E-state index contributed by atoms with van der Waals surface area (Å²) in [6.07, 6.45) is 4.72. The molecule has 0 N–H and O–H groups in total. The smallest absolute Gasteiger partial charge is 0.306 e. The lowest BCUT2D eigenvalue weighted by atomic mass is 10.00. The second-order valence-corrected chi connectivity index (χ2v) is 5.47. The maximum Gasteiger partial charge on any atom is 0.306 e. The lowest BCUT2D eigenvalue weighted by molar-refractivity contribution is -0.143. The molecule has 19 heavy (non-hydrogen) atoms. The topological polar surface area (TPSA) is 39.2 Å². The molecule has 0 fully saturated rings. The first kappa shape index (κ1) is 13.7. The first-order chi connectivity index (χ1) is 9.25. The molecule has 0 aliphatic rings. The van der Waals surface area contributed by atoms with E-state index in [9.17, 15) is 4.79 Å². The van der Waals surface area contributed by atoms with Crippen molar-refractivity contribution in [2.24, 2.45) is 0 Å². The molecule has 1 atom stereocenters. The van der Waals surface area contributed by atoms with Crippen LogP contribution in [0.25, 0.3) is 0 Å². The fourth-order valence-electron chi connectivity index (χ4n) is 1.81. The van der Waals surface area contributed by atoms with Crippen LogP contribution >= 0.6 is 11.3 Å². The minimum atomic E-state index is -0.145. The van der Waals surface area contributed by atoms with E-state index in [1.165, 1.54) is 4.88 Å². The number of ether oxygens (including phenoxy) is 1. The van der Waals surface area contributed by atoms with E-state index in [-0.39, 0.29) is 11.9 Å². The van der Waals surface area contributed by atoms with E-state index in [0.717, 1.165) is 12.0 Å². The number of nitrogens with zero attached hydrogens (tertiary/aromatic N) is 1. The van der Waals surface area contributed by atoms with E-state index in [0.29, 0.717) is 13.0 Å². The number of hydrogen-bond donors (Lipinski definition) is 0. The Bertz CT molecular complexity index is 496. The minimum absolute atomic E-state index is 0.142. The Hall–Kier alpha value is -1.68. The SMILES string of the molecule is C[C@@H](CC(=O)OCCc1cccs1)c1cccnc1. The van der Waals surface area contributed by atoms with Gasteiger partial charge in [0.05, 0.1) is 13.0 Å². The third-order valence-electron chi connectivity index (χ3n) is 2.92. The Balaban J connectivity index is 1.72. The van der Waals surface area contributed by atoms with Gasteiger partial charge < -0.3 is 4.74 Å². The average Bonchev–Trinajstić information content (AvgIpc) is 2.93. The molecule has 0 aliphatic heterocycles. The van der Waals surface area contributed by atoms with Crippen molar-refractivity contribution in [1.29, 1.82) is 0 Å². The van der Waals surface area contributed by atoms with Crippen LogP contribution in [0.15, 0.2) is 42.0 Å². The number of pyridine rings is 1. The first-order valence-electron chi connectivity index (χ1n) is 6.33. The summed E-state index contributed by atoms with van der Waals surface area (Å²) >= 11 is 1.69. The van der Waals surface area contributed by atoms with Crippen molar-refractivity contribution in [1.82, 2.24) is 4.98 Å². The summed E-state index contributed by atoms with van der Waals surface area (Å²) < 4.78 is 5.25. The van der Waals surface area contributed by atoms with Crippen LogP contribution in [0, 0.1) is 0 Å². The number of thiophene rings is 1. The molecule has 0 saturated carbocycles. The summed E-state index contributed by atoms with van der Waals surface area (Å²) in [4.78, 5) is 17.0. The van der Waals surface area contributed by atoms with Crippen molar-refractivity contribution in [2.75, 3.05) is 6.61 Å². The van der Waals surface area contributed by atoms with Crippen molar-refractivity contribution < 1.29 is 9.53 Å². The van der Waals surface area contributed by atoms with Crippen molar-refractivity contribution in [3.05, 3.63) is 52.5 Å². The monoisotopic (exact) mass is 275 g/mol. The fourth-order valence-corrected chi connectivity index (χ4v) is 2.50. The minimum Gasteiger partial charge on any atom is -0.465 e. The van der Waals surface area contributed by atoms with Gasteiger partial charge in [0.15, 0.2) is 0 Å². The predicted molar refractivity (Wildman–Crippen MR) is 76.3 cm³/mol. The summed E-state index contributed by atoms with van der Waals surface area (Å²) in [5.74, 6) is -0.00385. The molecule has 3 nitrogen and oxygen atoms in total. The Morgan fingerprint density at radius 2 is 2.32 bits per heavy atom. The largest absolute Gasteiger partial charge is 0.465 e. The molecule has 2 heterocycles. The van der Waals surface area contributed by atoms with Gasteiger partial charge in [0.25, 0.3) is 0 Å². The van der Waals surface area contributed by atoms with E-state index in [1.807, 2.05) is 30.5 Å². The zero-order chi connectivity index (χ0) is 13.5. The van der Waals surface area contributed by atoms with Gasteiger partial charge in [0, 0.05) is 23.7 Å². The molecule has 100 valence electrons. The highest BCUT2D eigenvalue weighted by Gasteiger charge is 2.12. The molecular formula is C15H17NO2S. The number of rotatable bonds is 6. The molecule has 0 aliphatic carbocycles. The number of carbonyl (C=O) groups excluding carboxylic acids is 1. The summed E-state index contributed by atoms with van der Waals surface area (Å²) in [5, 5.41) is 2.03. The molecule has 0 saturated heterocycles. The van der Waals surface area contributed by atoms with Gasteiger partial charge in [0.2, 0.25) is 0 Å². The molecule has 4 heteroatoms. The van der Waals surface area contributed by atoms with Gasteiger partial charge in [-0.3, -0.25) is 9.78 Å². The summed E-state index contributed by atoms with van der Waals surface area (Å²) in [5.41, 5.74) is 1.07. The van der Waals surface area contributed by atoms with Crippen LogP contribution in [0.4, 0.5) is 0 Å². The Kier molecular flexibility index (Phi) is 5.10.